The van der Waals surface area contributed by atoms with Crippen LogP contribution in [-0.2, 0) is 22.5 Å². The number of aromatic nitrogens is 1. The highest BCUT2D eigenvalue weighted by Gasteiger charge is 2.12. The number of morpholine rings is 1. The highest BCUT2D eigenvalue weighted by atomic mass is 16.5. The van der Waals surface area contributed by atoms with Gasteiger partial charge in [-0.3, -0.25) is 4.79 Å². The molecule has 0 spiro atoms. The Bertz CT molecular complexity index is 679. The fraction of sp³-hybridized carbons (Fsp3) is 0.368. The summed E-state index contributed by atoms with van der Waals surface area (Å²) in [5, 5.41) is 2.98. The molecule has 1 N–H and O–H groups in total. The van der Waals surface area contributed by atoms with Gasteiger partial charge in [0.25, 0.3) is 0 Å². The summed E-state index contributed by atoms with van der Waals surface area (Å²) in [7, 11) is 0. The number of hydrogen-bond acceptors (Lipinski definition) is 4. The predicted molar refractivity (Wildman–Crippen MR) is 94.0 cm³/mol. The van der Waals surface area contributed by atoms with Crippen LogP contribution >= 0.6 is 0 Å². The number of carbonyl (C=O) groups is 1. The molecular weight excluding hydrogens is 302 g/mol. The zero-order valence-electron chi connectivity index (χ0n) is 14.0. The van der Waals surface area contributed by atoms with Crippen LogP contribution in [0.15, 0.2) is 42.6 Å². The highest BCUT2D eigenvalue weighted by molar-refractivity contribution is 5.78. The van der Waals surface area contributed by atoms with Gasteiger partial charge in [-0.1, -0.05) is 29.8 Å². The number of pyridine rings is 1. The molecule has 5 nitrogen and oxygen atoms in total. The molecule has 24 heavy (non-hydrogen) atoms. The predicted octanol–water partition coefficient (Wildman–Crippen LogP) is 2.09. The lowest BCUT2D eigenvalue weighted by Gasteiger charge is -2.28. The molecule has 0 aliphatic carbocycles. The van der Waals surface area contributed by atoms with E-state index in [1.807, 2.05) is 43.3 Å². The summed E-state index contributed by atoms with van der Waals surface area (Å²) in [6, 6.07) is 12.0. The quantitative estimate of drug-likeness (QED) is 0.914. The third-order valence-electron chi connectivity index (χ3n) is 4.12. The topological polar surface area (TPSA) is 54.5 Å². The van der Waals surface area contributed by atoms with Gasteiger partial charge in [-0.05, 0) is 30.2 Å². The van der Waals surface area contributed by atoms with Crippen molar-refractivity contribution in [3.05, 3.63) is 59.3 Å². The van der Waals surface area contributed by atoms with Gasteiger partial charge in [-0.2, -0.15) is 0 Å². The second-order valence-corrected chi connectivity index (χ2v) is 6.06. The third-order valence-corrected chi connectivity index (χ3v) is 4.12. The second-order valence-electron chi connectivity index (χ2n) is 6.06. The van der Waals surface area contributed by atoms with E-state index in [0.717, 1.165) is 43.2 Å². The zero-order chi connectivity index (χ0) is 16.8. The number of hydrogen-bond donors (Lipinski definition) is 1. The molecule has 0 saturated carbocycles. The Morgan fingerprint density at radius 2 is 1.92 bits per heavy atom. The van der Waals surface area contributed by atoms with E-state index in [9.17, 15) is 4.79 Å². The molecule has 5 heteroatoms. The number of anilines is 1. The molecule has 0 bridgehead atoms. The molecule has 1 aromatic heterocycles. The first kappa shape index (κ1) is 16.5. The summed E-state index contributed by atoms with van der Waals surface area (Å²) in [6.07, 6.45) is 2.20. The van der Waals surface area contributed by atoms with Crippen LogP contribution in [0.1, 0.15) is 16.7 Å². The van der Waals surface area contributed by atoms with Gasteiger partial charge in [0.05, 0.1) is 19.6 Å². The molecule has 1 aromatic carbocycles. The first-order chi connectivity index (χ1) is 11.7. The summed E-state index contributed by atoms with van der Waals surface area (Å²) in [5.74, 6) is 0.979. The van der Waals surface area contributed by atoms with Crippen molar-refractivity contribution in [3.8, 4) is 0 Å². The number of carbonyl (C=O) groups excluding carboxylic acids is 1. The summed E-state index contributed by atoms with van der Waals surface area (Å²) >= 11 is 0. The van der Waals surface area contributed by atoms with Gasteiger partial charge in [-0.25, -0.2) is 4.98 Å². The zero-order valence-corrected chi connectivity index (χ0v) is 14.0. The number of amides is 1. The number of nitrogens with zero attached hydrogens (tertiary/aromatic N) is 2. The molecule has 0 atom stereocenters. The highest BCUT2D eigenvalue weighted by Crippen LogP contribution is 2.14. The average Bonchev–Trinajstić information content (AvgIpc) is 2.63. The van der Waals surface area contributed by atoms with Crippen molar-refractivity contribution in [1.82, 2.24) is 10.3 Å². The summed E-state index contributed by atoms with van der Waals surface area (Å²) in [5.41, 5.74) is 3.29. The molecule has 3 rings (SSSR count). The van der Waals surface area contributed by atoms with Crippen molar-refractivity contribution in [2.45, 2.75) is 19.9 Å². The minimum Gasteiger partial charge on any atom is -0.378 e. The minimum atomic E-state index is 0.0311. The van der Waals surface area contributed by atoms with Crippen molar-refractivity contribution < 1.29 is 9.53 Å². The summed E-state index contributed by atoms with van der Waals surface area (Å²) in [4.78, 5) is 18.7. The summed E-state index contributed by atoms with van der Waals surface area (Å²) in [6.45, 7) is 5.74. The van der Waals surface area contributed by atoms with Gasteiger partial charge in [0, 0.05) is 25.8 Å². The SMILES string of the molecule is Cc1ccc(CC(=O)NCc2ccnc(N3CCOCC3)c2)cc1. The Hall–Kier alpha value is -2.40. The summed E-state index contributed by atoms with van der Waals surface area (Å²) < 4.78 is 5.37. The number of ether oxygens (including phenoxy) is 1. The van der Waals surface area contributed by atoms with Crippen LogP contribution in [-0.4, -0.2) is 37.2 Å². The molecule has 1 amide bonds. The molecule has 2 aromatic rings. The number of aryl methyl sites for hydroxylation is 1. The van der Waals surface area contributed by atoms with Crippen LogP contribution in [0, 0.1) is 6.92 Å². The van der Waals surface area contributed by atoms with Gasteiger partial charge in [0.15, 0.2) is 0 Å². The Balaban J connectivity index is 1.54. The van der Waals surface area contributed by atoms with Crippen LogP contribution in [0.4, 0.5) is 5.82 Å². The molecule has 1 aliphatic heterocycles. The van der Waals surface area contributed by atoms with Crippen molar-refractivity contribution in [2.24, 2.45) is 0 Å². The van der Waals surface area contributed by atoms with E-state index >= 15 is 0 Å². The van der Waals surface area contributed by atoms with E-state index in [1.165, 1.54) is 5.56 Å². The van der Waals surface area contributed by atoms with Gasteiger partial charge >= 0.3 is 0 Å². The lowest BCUT2D eigenvalue weighted by atomic mass is 10.1. The van der Waals surface area contributed by atoms with Crippen LogP contribution in [0.25, 0.3) is 0 Å². The minimum absolute atomic E-state index is 0.0311. The Morgan fingerprint density at radius 3 is 2.67 bits per heavy atom. The Labute approximate surface area is 142 Å². The fourth-order valence-electron chi connectivity index (χ4n) is 2.69. The van der Waals surface area contributed by atoms with Gasteiger partial charge in [-0.15, -0.1) is 0 Å². The van der Waals surface area contributed by atoms with Crippen molar-refractivity contribution in [2.75, 3.05) is 31.2 Å². The van der Waals surface area contributed by atoms with Crippen molar-refractivity contribution in [3.63, 3.8) is 0 Å². The fourth-order valence-corrected chi connectivity index (χ4v) is 2.69. The van der Waals surface area contributed by atoms with E-state index in [2.05, 4.69) is 15.2 Å². The average molecular weight is 325 g/mol. The molecule has 1 saturated heterocycles. The van der Waals surface area contributed by atoms with Gasteiger partial charge < -0.3 is 15.0 Å². The van der Waals surface area contributed by atoms with Crippen LogP contribution in [0.3, 0.4) is 0 Å². The molecule has 1 fully saturated rings. The van der Waals surface area contributed by atoms with E-state index in [4.69, 9.17) is 4.74 Å². The maximum absolute atomic E-state index is 12.1. The van der Waals surface area contributed by atoms with Crippen LogP contribution in [0.5, 0.6) is 0 Å². The second kappa shape index (κ2) is 7.93. The van der Waals surface area contributed by atoms with Crippen molar-refractivity contribution >= 4 is 11.7 Å². The number of benzene rings is 1. The smallest absolute Gasteiger partial charge is 0.224 e. The van der Waals surface area contributed by atoms with Gasteiger partial charge in [0.2, 0.25) is 5.91 Å². The largest absolute Gasteiger partial charge is 0.378 e. The third kappa shape index (κ3) is 4.55. The van der Waals surface area contributed by atoms with E-state index in [-0.39, 0.29) is 5.91 Å². The van der Waals surface area contributed by atoms with E-state index < -0.39 is 0 Å². The van der Waals surface area contributed by atoms with Gasteiger partial charge in [0.1, 0.15) is 5.82 Å². The molecule has 126 valence electrons. The first-order valence-corrected chi connectivity index (χ1v) is 8.30. The van der Waals surface area contributed by atoms with Crippen LogP contribution < -0.4 is 10.2 Å². The maximum atomic E-state index is 12.1. The lowest BCUT2D eigenvalue weighted by Crippen LogP contribution is -2.36. The number of nitrogens with one attached hydrogen (secondary N) is 1. The van der Waals surface area contributed by atoms with Crippen LogP contribution in [0.2, 0.25) is 0 Å². The molecule has 0 unspecified atom stereocenters. The monoisotopic (exact) mass is 325 g/mol. The van der Waals surface area contributed by atoms with E-state index in [1.54, 1.807) is 6.20 Å². The number of rotatable bonds is 5. The molecular formula is C19H23N3O2. The molecule has 0 radical (unpaired) electrons. The lowest BCUT2D eigenvalue weighted by molar-refractivity contribution is -0.120. The molecule has 1 aliphatic rings. The first-order valence-electron chi connectivity index (χ1n) is 8.30. The standard InChI is InChI=1S/C19H23N3O2/c1-15-2-4-16(5-3-15)13-19(23)21-14-17-6-7-20-18(12-17)22-8-10-24-11-9-22/h2-7,12H,8-11,13-14H2,1H3,(H,21,23). The van der Waals surface area contributed by atoms with Crippen molar-refractivity contribution in [1.29, 1.82) is 0 Å². The maximum Gasteiger partial charge on any atom is 0.224 e. The Kier molecular flexibility index (Phi) is 5.43. The molecule has 2 heterocycles. The Morgan fingerprint density at radius 1 is 1.17 bits per heavy atom. The normalized spacial score (nSPS) is 14.5. The van der Waals surface area contributed by atoms with E-state index in [0.29, 0.717) is 13.0 Å².